The Bertz CT molecular complexity index is 1490. The maximum Gasteiger partial charge on any atom is 0.437 e. The van der Waals surface area contributed by atoms with Crippen LogP contribution < -0.4 is 15.1 Å². The maximum absolute atomic E-state index is 13.7. The summed E-state index contributed by atoms with van der Waals surface area (Å²) in [7, 11) is -3.69. The highest BCUT2D eigenvalue weighted by atomic mass is 79.9. The Hall–Kier alpha value is -3.17. The number of piperidine rings is 1. The molecule has 0 spiro atoms. The molecule has 0 radical (unpaired) electrons. The summed E-state index contributed by atoms with van der Waals surface area (Å²) in [6, 6.07) is 9.59. The van der Waals surface area contributed by atoms with Crippen molar-refractivity contribution in [2.24, 2.45) is 0 Å². The van der Waals surface area contributed by atoms with Crippen LogP contribution in [0, 0.1) is 0 Å². The summed E-state index contributed by atoms with van der Waals surface area (Å²) < 4.78 is 74.6. The number of nitrogens with one attached hydrogen (secondary N) is 1. The van der Waals surface area contributed by atoms with Crippen molar-refractivity contribution in [3.05, 3.63) is 58.5 Å². The summed E-state index contributed by atoms with van der Waals surface area (Å²) in [4.78, 5) is 24.5. The molecule has 3 aromatic rings. The molecule has 1 N–H and O–H groups in total. The molecule has 1 aromatic carbocycles. The van der Waals surface area contributed by atoms with Gasteiger partial charge in [-0.25, -0.2) is 13.4 Å². The molecule has 15 heteroatoms. The lowest BCUT2D eigenvalue weighted by molar-refractivity contribution is -0.141. The molecule has 10 nitrogen and oxygen atoms in total. The first-order valence-corrected chi connectivity index (χ1v) is 15.4. The second-order valence-corrected chi connectivity index (χ2v) is 12.5. The van der Waals surface area contributed by atoms with E-state index in [2.05, 4.69) is 31.2 Å². The van der Waals surface area contributed by atoms with Crippen molar-refractivity contribution >= 4 is 49.4 Å². The molecule has 2 fully saturated rings. The number of anilines is 3. The molecule has 2 aliphatic rings. The van der Waals surface area contributed by atoms with E-state index in [4.69, 9.17) is 4.42 Å². The van der Waals surface area contributed by atoms with Gasteiger partial charge in [-0.3, -0.25) is 4.79 Å². The van der Waals surface area contributed by atoms with Crippen LogP contribution in [0.15, 0.2) is 56.4 Å². The highest BCUT2D eigenvalue weighted by Gasteiger charge is 2.42. The number of nitrogens with zero attached hydrogens (tertiary/aromatic N) is 5. The highest BCUT2D eigenvalue weighted by molar-refractivity contribution is 9.10. The van der Waals surface area contributed by atoms with Crippen molar-refractivity contribution in [3.8, 4) is 0 Å². The third kappa shape index (κ3) is 6.51. The molecule has 0 saturated carbocycles. The van der Waals surface area contributed by atoms with Crippen LogP contribution in [0.3, 0.4) is 0 Å². The predicted molar refractivity (Wildman–Crippen MR) is 149 cm³/mol. The first-order valence-electron chi connectivity index (χ1n) is 13.1. The number of carbonyl (C=O) groups excluding carboxylic acids is 1. The fourth-order valence-electron chi connectivity index (χ4n) is 4.87. The summed E-state index contributed by atoms with van der Waals surface area (Å²) in [5.74, 6) is -1.43. The summed E-state index contributed by atoms with van der Waals surface area (Å²) in [6.07, 6.45) is -0.382. The second kappa shape index (κ2) is 12.0. The number of amides is 1. The number of aromatic nitrogens is 2. The molecule has 0 unspecified atom stereocenters. The number of sulfonamides is 1. The van der Waals surface area contributed by atoms with Gasteiger partial charge >= 0.3 is 6.18 Å². The van der Waals surface area contributed by atoms with Crippen LogP contribution >= 0.6 is 15.9 Å². The topological polar surface area (TPSA) is 112 Å². The first-order chi connectivity index (χ1) is 19.5. The zero-order valence-corrected chi connectivity index (χ0v) is 24.3. The maximum atomic E-state index is 13.7. The number of hydrogen-bond acceptors (Lipinski definition) is 8. The minimum atomic E-state index is -4.86. The fraction of sp³-hybridized carbons (Fsp3) is 0.423. The van der Waals surface area contributed by atoms with Crippen molar-refractivity contribution in [1.82, 2.24) is 14.3 Å². The van der Waals surface area contributed by atoms with Gasteiger partial charge in [-0.05, 0) is 65.9 Å². The SMILES string of the molecule is O=C(Nc1ccc(N2CCCN(S(=O)(=O)c3ccccc3Br)CC2)nc1)c1oc(N2CCCCC2)nc1C(F)(F)F. The fourth-order valence-corrected chi connectivity index (χ4v) is 7.30. The lowest BCUT2D eigenvalue weighted by Crippen LogP contribution is -2.35. The van der Waals surface area contributed by atoms with Gasteiger partial charge in [-0.2, -0.15) is 22.5 Å². The molecule has 1 amide bonds. The number of benzene rings is 1. The molecular weight excluding hydrogens is 629 g/mol. The Kier molecular flexibility index (Phi) is 8.57. The lowest BCUT2D eigenvalue weighted by atomic mass is 10.1. The Morgan fingerprint density at radius 1 is 0.927 bits per heavy atom. The zero-order chi connectivity index (χ0) is 29.2. The van der Waals surface area contributed by atoms with Crippen molar-refractivity contribution in [3.63, 3.8) is 0 Å². The van der Waals surface area contributed by atoms with E-state index >= 15 is 0 Å². The molecule has 5 rings (SSSR count). The van der Waals surface area contributed by atoms with Crippen LogP contribution in [-0.4, -0.2) is 67.9 Å². The van der Waals surface area contributed by atoms with Gasteiger partial charge in [0.15, 0.2) is 5.69 Å². The standard InChI is InChI=1S/C26H28BrF3N6O4S/c27-19-7-2-3-8-20(19)41(38,39)36-14-6-13-34(15-16-36)21-10-9-18(17-31-21)32-24(37)22-23(26(28,29)30)33-25(40-22)35-11-4-1-5-12-35/h2-3,7-10,17H,1,4-6,11-16H2,(H,32,37). The van der Waals surface area contributed by atoms with Gasteiger partial charge in [-0.1, -0.05) is 12.1 Å². The van der Waals surface area contributed by atoms with Crippen molar-refractivity contribution in [2.75, 3.05) is 54.4 Å². The Labute approximate surface area is 243 Å². The Morgan fingerprint density at radius 2 is 1.66 bits per heavy atom. The molecule has 0 atom stereocenters. The molecule has 4 heterocycles. The number of oxazole rings is 1. The average molecular weight is 658 g/mol. The van der Waals surface area contributed by atoms with Gasteiger partial charge in [0.2, 0.25) is 15.8 Å². The van der Waals surface area contributed by atoms with E-state index in [1.54, 1.807) is 35.2 Å². The van der Waals surface area contributed by atoms with Gasteiger partial charge in [-0.15, -0.1) is 0 Å². The smallest absolute Gasteiger partial charge is 0.417 e. The number of rotatable bonds is 6. The second-order valence-electron chi connectivity index (χ2n) is 9.75. The average Bonchev–Trinajstić information content (AvgIpc) is 3.27. The van der Waals surface area contributed by atoms with Gasteiger partial charge in [0.1, 0.15) is 5.82 Å². The molecule has 2 saturated heterocycles. The van der Waals surface area contributed by atoms with Gasteiger partial charge in [0.25, 0.3) is 11.9 Å². The van der Waals surface area contributed by atoms with Crippen LogP contribution in [0.5, 0.6) is 0 Å². The van der Waals surface area contributed by atoms with E-state index in [9.17, 15) is 26.4 Å². The highest BCUT2D eigenvalue weighted by Crippen LogP contribution is 2.35. The number of halogens is 4. The molecule has 2 aromatic heterocycles. The minimum absolute atomic E-state index is 0.177. The van der Waals surface area contributed by atoms with Crippen LogP contribution in [0.4, 0.5) is 30.7 Å². The summed E-state index contributed by atoms with van der Waals surface area (Å²) >= 11 is 3.31. The summed E-state index contributed by atoms with van der Waals surface area (Å²) in [5, 5.41) is 2.42. The molecule has 220 valence electrons. The Balaban J connectivity index is 1.26. The minimum Gasteiger partial charge on any atom is -0.417 e. The quantitative estimate of drug-likeness (QED) is 0.395. The number of pyridine rings is 1. The summed E-state index contributed by atoms with van der Waals surface area (Å²) in [6.45, 7) is 2.53. The van der Waals surface area contributed by atoms with Crippen LogP contribution in [0.25, 0.3) is 0 Å². The molecule has 0 bridgehead atoms. The number of hydrogen-bond donors (Lipinski definition) is 1. The molecule has 2 aliphatic heterocycles. The van der Waals surface area contributed by atoms with E-state index < -0.39 is 33.6 Å². The lowest BCUT2D eigenvalue weighted by Gasteiger charge is -2.24. The summed E-state index contributed by atoms with van der Waals surface area (Å²) in [5.41, 5.74) is -1.19. The van der Waals surface area contributed by atoms with Crippen molar-refractivity contribution < 1.29 is 30.8 Å². The van der Waals surface area contributed by atoms with Crippen LogP contribution in [0.2, 0.25) is 0 Å². The predicted octanol–water partition coefficient (Wildman–Crippen LogP) is 4.99. The van der Waals surface area contributed by atoms with E-state index in [1.807, 2.05) is 4.90 Å². The third-order valence-corrected chi connectivity index (χ3v) is 9.87. The normalized spacial score (nSPS) is 17.4. The van der Waals surface area contributed by atoms with Gasteiger partial charge in [0, 0.05) is 43.7 Å². The molecule has 0 aliphatic carbocycles. The number of alkyl halides is 3. The third-order valence-electron chi connectivity index (χ3n) is 6.96. The Morgan fingerprint density at radius 3 is 2.34 bits per heavy atom. The molecule has 41 heavy (non-hydrogen) atoms. The van der Waals surface area contributed by atoms with Crippen molar-refractivity contribution in [2.45, 2.75) is 36.8 Å². The van der Waals surface area contributed by atoms with E-state index in [1.165, 1.54) is 16.6 Å². The largest absolute Gasteiger partial charge is 0.437 e. The monoisotopic (exact) mass is 656 g/mol. The van der Waals surface area contributed by atoms with E-state index in [0.29, 0.717) is 49.4 Å². The van der Waals surface area contributed by atoms with Crippen LogP contribution in [0.1, 0.15) is 41.9 Å². The van der Waals surface area contributed by atoms with E-state index in [-0.39, 0.29) is 23.1 Å². The van der Waals surface area contributed by atoms with Crippen molar-refractivity contribution in [1.29, 1.82) is 0 Å². The van der Waals surface area contributed by atoms with Gasteiger partial charge < -0.3 is 19.5 Å². The zero-order valence-electron chi connectivity index (χ0n) is 21.9. The molecular formula is C26H28BrF3N6O4S. The number of carbonyl (C=O) groups is 1. The first kappa shape index (κ1) is 29.3. The van der Waals surface area contributed by atoms with E-state index in [0.717, 1.165) is 19.3 Å². The van der Waals surface area contributed by atoms with Gasteiger partial charge in [0.05, 0.1) is 16.8 Å². The van der Waals surface area contributed by atoms with Crippen LogP contribution in [-0.2, 0) is 16.2 Å².